The number of hydrogen-bond acceptors (Lipinski definition) is 9. The third-order valence-corrected chi connectivity index (χ3v) is 10.3. The molecule has 5 aromatic carbocycles. The van der Waals surface area contributed by atoms with Gasteiger partial charge in [-0.25, -0.2) is 4.90 Å². The van der Waals surface area contributed by atoms with Crippen molar-refractivity contribution in [2.45, 2.75) is 22.7 Å². The molecule has 2 heterocycles. The number of phenols is 1. The van der Waals surface area contributed by atoms with E-state index in [9.17, 15) is 59.0 Å². The Morgan fingerprint density at radius 1 is 0.685 bits per heavy atom. The van der Waals surface area contributed by atoms with Gasteiger partial charge in [0.05, 0.1) is 27.9 Å². The number of diazo groups is 1. The zero-order valence-electron chi connectivity index (χ0n) is 26.5. The smallest absolute Gasteiger partial charge is 0.426 e. The second-order valence-corrected chi connectivity index (χ2v) is 13.4. The van der Waals surface area contributed by atoms with Crippen molar-refractivity contribution < 1.29 is 63.2 Å². The van der Waals surface area contributed by atoms with Crippen LogP contribution in [0, 0.1) is 5.39 Å². The fourth-order valence-electron chi connectivity index (χ4n) is 6.51. The summed E-state index contributed by atoms with van der Waals surface area (Å²) in [6, 6.07) is 13.0. The van der Waals surface area contributed by atoms with Crippen LogP contribution in [0.4, 0.5) is 37.7 Å². The van der Waals surface area contributed by atoms with E-state index in [2.05, 4.69) is 4.98 Å². The van der Waals surface area contributed by atoms with Crippen molar-refractivity contribution in [3.63, 3.8) is 0 Å². The first-order chi connectivity index (χ1) is 25.3. The molecule has 0 unspecified atom stereocenters. The van der Waals surface area contributed by atoms with E-state index in [-0.39, 0.29) is 27.9 Å². The first-order valence-electron chi connectivity index (χ1n) is 15.1. The summed E-state index contributed by atoms with van der Waals surface area (Å²) in [5.41, 5.74) is -10.8. The number of nitrogens with one attached hydrogen (secondary N) is 1. The van der Waals surface area contributed by atoms with Crippen molar-refractivity contribution in [3.8, 4) is 11.5 Å². The first-order valence-corrected chi connectivity index (χ1v) is 16.5. The zero-order valence-corrected chi connectivity index (χ0v) is 27.3. The molecule has 7 rings (SSSR count). The lowest BCUT2D eigenvalue weighted by atomic mass is 9.71. The van der Waals surface area contributed by atoms with Crippen molar-refractivity contribution in [2.24, 2.45) is 0 Å². The molecular formula is C35H17F6N4O8S+. The molecule has 2 aliphatic heterocycles. The van der Waals surface area contributed by atoms with Crippen LogP contribution >= 0.6 is 0 Å². The number of nitrogens with zero attached hydrogens (tertiary/aromatic N) is 3. The Balaban J connectivity index is 1.23. The zero-order chi connectivity index (χ0) is 39.1. The molecule has 0 atom stereocenters. The molecule has 0 saturated heterocycles. The number of benzene rings is 5. The molecule has 2 N–H and O–H groups in total. The van der Waals surface area contributed by atoms with Gasteiger partial charge in [0.1, 0.15) is 10.6 Å². The van der Waals surface area contributed by atoms with Crippen LogP contribution in [0.15, 0.2) is 95.9 Å². The predicted octanol–water partition coefficient (Wildman–Crippen LogP) is 6.89. The van der Waals surface area contributed by atoms with Crippen molar-refractivity contribution in [1.29, 1.82) is 5.39 Å². The van der Waals surface area contributed by atoms with Crippen molar-refractivity contribution >= 4 is 55.9 Å². The van der Waals surface area contributed by atoms with E-state index in [1.807, 2.05) is 0 Å². The number of amides is 4. The van der Waals surface area contributed by atoms with Crippen LogP contribution in [0.5, 0.6) is 11.5 Å². The highest BCUT2D eigenvalue weighted by Crippen LogP contribution is 2.57. The summed E-state index contributed by atoms with van der Waals surface area (Å²) in [7, 11) is -4.62. The molecule has 12 nitrogen and oxygen atoms in total. The third-order valence-electron chi connectivity index (χ3n) is 8.99. The summed E-state index contributed by atoms with van der Waals surface area (Å²) in [4.78, 5) is 54.0. The molecule has 0 bridgehead atoms. The number of alkyl halides is 6. The Morgan fingerprint density at radius 3 is 1.87 bits per heavy atom. The van der Waals surface area contributed by atoms with Gasteiger partial charge in [0, 0.05) is 16.8 Å². The molecule has 0 radical (unpaired) electrons. The molecule has 54 heavy (non-hydrogen) atoms. The maximum atomic E-state index is 14.9. The van der Waals surface area contributed by atoms with Gasteiger partial charge in [-0.3, -0.25) is 24.5 Å². The van der Waals surface area contributed by atoms with Crippen LogP contribution in [0.1, 0.15) is 52.6 Å². The Kier molecular flexibility index (Phi) is 7.81. The number of halogens is 6. The van der Waals surface area contributed by atoms with Crippen molar-refractivity contribution in [2.75, 3.05) is 4.90 Å². The quantitative estimate of drug-likeness (QED) is 0.0807. The summed E-state index contributed by atoms with van der Waals surface area (Å²) in [5, 5.41) is 21.2. The van der Waals surface area contributed by atoms with Gasteiger partial charge in [-0.2, -0.15) is 34.8 Å². The fraction of sp³-hybridized carbons (Fsp3) is 0.0857. The molecule has 0 spiro atoms. The SMILES string of the molecule is N#[N+]c1ccc2c(S(=O)(=O)Oc3ccc(N4C(=O)c5ccc(C(c6ccc7c(c6)C(=O)NC7=O)(C(F)(F)F)C(F)(F)F)cc5C4=O)cc3)cccc2c1O. The largest absolute Gasteiger partial charge is 0.501 e. The van der Waals surface area contributed by atoms with Gasteiger partial charge >= 0.3 is 28.2 Å². The van der Waals surface area contributed by atoms with Gasteiger partial charge in [-0.1, -0.05) is 24.3 Å². The maximum Gasteiger partial charge on any atom is 0.426 e. The Bertz CT molecular complexity index is 2660. The lowest BCUT2D eigenvalue weighted by Crippen LogP contribution is -2.55. The van der Waals surface area contributed by atoms with E-state index >= 15 is 0 Å². The van der Waals surface area contributed by atoms with Crippen molar-refractivity contribution in [3.05, 3.63) is 129 Å². The number of aromatic hydroxyl groups is 1. The molecule has 4 amide bonds. The summed E-state index contributed by atoms with van der Waals surface area (Å²) < 4.78 is 121. The van der Waals surface area contributed by atoms with Crippen LogP contribution < -0.4 is 14.4 Å². The molecule has 0 fully saturated rings. The van der Waals surface area contributed by atoms with Crippen LogP contribution in [-0.4, -0.2) is 49.5 Å². The lowest BCUT2D eigenvalue weighted by molar-refractivity contribution is -0.288. The van der Waals surface area contributed by atoms with Gasteiger partial charge in [-0.15, -0.1) is 0 Å². The summed E-state index contributed by atoms with van der Waals surface area (Å²) >= 11 is 0. The van der Waals surface area contributed by atoms with Gasteiger partial charge in [0.25, 0.3) is 23.6 Å². The summed E-state index contributed by atoms with van der Waals surface area (Å²) in [5.74, 6) is -5.51. The van der Waals surface area contributed by atoms with Crippen LogP contribution in [0.25, 0.3) is 15.7 Å². The minimum atomic E-state index is -6.14. The molecule has 5 aromatic rings. The maximum absolute atomic E-state index is 14.9. The van der Waals surface area contributed by atoms with E-state index in [0.29, 0.717) is 41.3 Å². The van der Waals surface area contributed by atoms with Gasteiger partial charge in [0.15, 0.2) is 4.98 Å². The monoisotopic (exact) mass is 767 g/mol. The number of fused-ring (bicyclic) bond motifs is 3. The second kappa shape index (κ2) is 11.9. The van der Waals surface area contributed by atoms with E-state index < -0.39 is 95.5 Å². The lowest BCUT2D eigenvalue weighted by Gasteiger charge is -2.38. The molecule has 272 valence electrons. The molecular weight excluding hydrogens is 750 g/mol. The number of carbonyl (C=O) groups is 4. The average Bonchev–Trinajstić information content (AvgIpc) is 3.53. The van der Waals surface area contributed by atoms with Crippen LogP contribution in [-0.2, 0) is 15.5 Å². The standard InChI is InChI=1S/C35H16F6N4O8S/c36-34(37,38)33(35(39,40)41,16-4-10-22-24(14-16)30(48)43-29(22)47)17-5-11-23-25(15-17)32(50)45(31(23)49)18-6-8-19(9-7-18)53-54(51,52)27-3-1-2-21-20(27)12-13-26(44-42)28(21)46/h1-15H,(H-,43,46,47,48)/p+1. The summed E-state index contributed by atoms with van der Waals surface area (Å²) in [6.07, 6.45) is -12.3. The van der Waals surface area contributed by atoms with Gasteiger partial charge in [0.2, 0.25) is 16.6 Å². The Labute approximate surface area is 297 Å². The Hall–Kier alpha value is -6.81. The van der Waals surface area contributed by atoms with Gasteiger partial charge in [-0.05, 0) is 71.8 Å². The second-order valence-electron chi connectivity index (χ2n) is 11.9. The molecule has 0 aromatic heterocycles. The number of hydrogen-bond donors (Lipinski definition) is 2. The van der Waals surface area contributed by atoms with Crippen LogP contribution in [0.2, 0.25) is 0 Å². The number of anilines is 1. The van der Waals surface area contributed by atoms with Crippen molar-refractivity contribution in [1.82, 2.24) is 5.32 Å². The Morgan fingerprint density at radius 2 is 1.26 bits per heavy atom. The number of imide groups is 2. The van der Waals surface area contributed by atoms with E-state index in [0.717, 1.165) is 30.3 Å². The molecule has 0 aliphatic carbocycles. The van der Waals surface area contributed by atoms with Gasteiger partial charge < -0.3 is 9.29 Å². The average molecular weight is 768 g/mol. The van der Waals surface area contributed by atoms with E-state index in [1.165, 1.54) is 24.3 Å². The first kappa shape index (κ1) is 35.6. The molecule has 2 aliphatic rings. The van der Waals surface area contributed by atoms with E-state index in [1.54, 1.807) is 5.32 Å². The third kappa shape index (κ3) is 5.13. The molecule has 19 heteroatoms. The number of carbonyl (C=O) groups excluding carboxylic acids is 4. The topological polar surface area (TPSA) is 175 Å². The number of phenolic OH excluding ortho intramolecular Hbond substituents is 1. The van der Waals surface area contributed by atoms with Crippen LogP contribution in [0.3, 0.4) is 0 Å². The predicted molar refractivity (Wildman–Crippen MR) is 173 cm³/mol. The highest BCUT2D eigenvalue weighted by Gasteiger charge is 2.73. The number of rotatable bonds is 6. The highest BCUT2D eigenvalue weighted by atomic mass is 32.2. The fourth-order valence-corrected chi connectivity index (χ4v) is 7.66. The normalized spacial score (nSPS) is 14.6. The molecule has 0 saturated carbocycles. The van der Waals surface area contributed by atoms with E-state index in [4.69, 9.17) is 9.58 Å². The minimum absolute atomic E-state index is 0.00116. The minimum Gasteiger partial charge on any atom is -0.501 e. The highest BCUT2D eigenvalue weighted by molar-refractivity contribution is 7.87. The summed E-state index contributed by atoms with van der Waals surface area (Å²) in [6.45, 7) is 0.